The number of hydrogen-bond donors (Lipinski definition) is 2. The Bertz CT molecular complexity index is 921. The Morgan fingerprint density at radius 3 is 2.85 bits per heavy atom. The molecule has 0 aliphatic carbocycles. The quantitative estimate of drug-likeness (QED) is 0.645. The number of fused-ring (bicyclic) bond motifs is 1. The molecule has 3 aromatic rings. The second-order valence-electron chi connectivity index (χ2n) is 7.36. The molecule has 0 radical (unpaired) electrons. The van der Waals surface area contributed by atoms with E-state index in [-0.39, 0.29) is 5.78 Å². The van der Waals surface area contributed by atoms with Crippen molar-refractivity contribution >= 4 is 22.6 Å². The summed E-state index contributed by atoms with van der Waals surface area (Å²) in [5.74, 6) is 0.923. The van der Waals surface area contributed by atoms with Crippen LogP contribution in [0.4, 0.5) is 5.82 Å². The van der Waals surface area contributed by atoms with Crippen LogP contribution in [0.3, 0.4) is 0 Å². The third-order valence-electron chi connectivity index (χ3n) is 5.55. The zero-order chi connectivity index (χ0) is 18.8. The number of nitrogen functional groups attached to an aromatic ring is 1. The Hall–Kier alpha value is -2.60. The summed E-state index contributed by atoms with van der Waals surface area (Å²) in [6.45, 7) is 5.58. The molecule has 0 unspecified atom stereocenters. The van der Waals surface area contributed by atoms with E-state index in [0.29, 0.717) is 23.0 Å². The Morgan fingerprint density at radius 2 is 2.15 bits per heavy atom. The number of aromatic amines is 1. The smallest absolute Gasteiger partial charge is 0.214 e. The second kappa shape index (κ2) is 7.56. The molecule has 1 saturated heterocycles. The van der Waals surface area contributed by atoms with Gasteiger partial charge in [-0.25, -0.2) is 4.98 Å². The number of pyridine rings is 1. The molecular weight excluding hydrogens is 340 g/mol. The predicted octanol–water partition coefficient (Wildman–Crippen LogP) is 3.95. The van der Waals surface area contributed by atoms with Crippen LogP contribution in [0.1, 0.15) is 60.1 Å². The molecule has 4 rings (SSSR count). The molecule has 0 amide bonds. The van der Waals surface area contributed by atoms with Crippen molar-refractivity contribution in [1.82, 2.24) is 14.9 Å². The minimum Gasteiger partial charge on any atom is -0.472 e. The molecule has 3 aromatic heterocycles. The molecule has 1 aliphatic heterocycles. The first-order valence-corrected chi connectivity index (χ1v) is 9.74. The molecule has 1 fully saturated rings. The number of ketones is 1. The van der Waals surface area contributed by atoms with Gasteiger partial charge in [0.15, 0.2) is 0 Å². The molecular formula is C21H26N4O2. The lowest BCUT2D eigenvalue weighted by Crippen LogP contribution is -2.33. The van der Waals surface area contributed by atoms with Crippen molar-refractivity contribution in [1.29, 1.82) is 0 Å². The van der Waals surface area contributed by atoms with Gasteiger partial charge in [0.25, 0.3) is 0 Å². The number of H-pyrrole nitrogens is 1. The second-order valence-corrected chi connectivity index (χ2v) is 7.36. The largest absolute Gasteiger partial charge is 0.472 e. The van der Waals surface area contributed by atoms with E-state index in [4.69, 9.17) is 10.2 Å². The van der Waals surface area contributed by atoms with Gasteiger partial charge in [0, 0.05) is 5.56 Å². The lowest BCUT2D eigenvalue weighted by atomic mass is 9.89. The van der Waals surface area contributed by atoms with Gasteiger partial charge in [0.1, 0.15) is 17.8 Å². The molecule has 0 bridgehead atoms. The summed E-state index contributed by atoms with van der Waals surface area (Å²) >= 11 is 0. The molecule has 0 aromatic carbocycles. The molecule has 1 aliphatic rings. The van der Waals surface area contributed by atoms with E-state index in [2.05, 4.69) is 21.8 Å². The number of carbonyl (C=O) groups is 1. The Morgan fingerprint density at radius 1 is 1.33 bits per heavy atom. The van der Waals surface area contributed by atoms with Crippen LogP contribution in [0.25, 0.3) is 11.0 Å². The van der Waals surface area contributed by atoms with Crippen LogP contribution in [0.5, 0.6) is 0 Å². The predicted molar refractivity (Wildman–Crippen MR) is 106 cm³/mol. The fourth-order valence-electron chi connectivity index (χ4n) is 4.01. The van der Waals surface area contributed by atoms with Gasteiger partial charge in [-0.15, -0.1) is 0 Å². The highest BCUT2D eigenvalue weighted by atomic mass is 16.3. The van der Waals surface area contributed by atoms with Crippen LogP contribution < -0.4 is 5.73 Å². The average Bonchev–Trinajstić information content (AvgIpc) is 3.33. The fraction of sp³-hybridized carbons (Fsp3) is 0.429. The summed E-state index contributed by atoms with van der Waals surface area (Å²) < 4.78 is 5.03. The number of furan rings is 1. The third kappa shape index (κ3) is 3.49. The summed E-state index contributed by atoms with van der Waals surface area (Å²) in [6.07, 6.45) is 7.57. The van der Waals surface area contributed by atoms with E-state index in [0.717, 1.165) is 42.5 Å². The first-order chi connectivity index (χ1) is 13.2. The lowest BCUT2D eigenvalue weighted by molar-refractivity contribution is 0.103. The van der Waals surface area contributed by atoms with Gasteiger partial charge in [-0.2, -0.15) is 0 Å². The molecule has 0 saturated carbocycles. The summed E-state index contributed by atoms with van der Waals surface area (Å²) in [5, 5.41) is 0. The number of anilines is 1. The molecule has 6 nitrogen and oxygen atoms in total. The number of aromatic nitrogens is 2. The maximum atomic E-state index is 12.6. The van der Waals surface area contributed by atoms with E-state index >= 15 is 0 Å². The number of unbranched alkanes of at least 4 members (excludes halogenated alkanes) is 1. The van der Waals surface area contributed by atoms with Gasteiger partial charge >= 0.3 is 0 Å². The van der Waals surface area contributed by atoms with E-state index in [9.17, 15) is 4.79 Å². The third-order valence-corrected chi connectivity index (χ3v) is 5.55. The molecule has 3 N–H and O–H groups in total. The van der Waals surface area contributed by atoms with E-state index < -0.39 is 0 Å². The first-order valence-electron chi connectivity index (χ1n) is 9.74. The fourth-order valence-corrected chi connectivity index (χ4v) is 4.01. The number of piperidine rings is 1. The van der Waals surface area contributed by atoms with Crippen LogP contribution in [0, 0.1) is 0 Å². The Labute approximate surface area is 158 Å². The number of nitrogens with two attached hydrogens (primary N) is 1. The molecule has 0 spiro atoms. The summed E-state index contributed by atoms with van der Waals surface area (Å²) in [6, 6.07) is 5.29. The van der Waals surface area contributed by atoms with Crippen LogP contribution >= 0.6 is 0 Å². The van der Waals surface area contributed by atoms with Crippen molar-refractivity contribution in [2.24, 2.45) is 0 Å². The van der Waals surface area contributed by atoms with Gasteiger partial charge < -0.3 is 20.0 Å². The highest BCUT2D eigenvalue weighted by Gasteiger charge is 2.26. The lowest BCUT2D eigenvalue weighted by Gasteiger charge is -2.32. The highest BCUT2D eigenvalue weighted by Crippen LogP contribution is 2.36. The summed E-state index contributed by atoms with van der Waals surface area (Å²) in [7, 11) is 0. The van der Waals surface area contributed by atoms with Crippen molar-refractivity contribution in [2.45, 2.75) is 38.5 Å². The average molecular weight is 366 g/mol. The van der Waals surface area contributed by atoms with Crippen molar-refractivity contribution in [3.8, 4) is 0 Å². The molecule has 6 heteroatoms. The zero-order valence-electron chi connectivity index (χ0n) is 15.7. The van der Waals surface area contributed by atoms with Crippen molar-refractivity contribution < 1.29 is 9.21 Å². The van der Waals surface area contributed by atoms with Crippen LogP contribution in [-0.2, 0) is 0 Å². The van der Waals surface area contributed by atoms with Crippen molar-refractivity contribution in [2.75, 3.05) is 25.4 Å². The Balaban J connectivity index is 1.60. The van der Waals surface area contributed by atoms with Crippen LogP contribution in [-0.4, -0.2) is 40.3 Å². The monoisotopic (exact) mass is 366 g/mol. The van der Waals surface area contributed by atoms with Gasteiger partial charge in [0.2, 0.25) is 5.78 Å². The number of nitrogens with one attached hydrogen (secondary N) is 1. The van der Waals surface area contributed by atoms with Crippen molar-refractivity contribution in [3.63, 3.8) is 0 Å². The van der Waals surface area contributed by atoms with Gasteiger partial charge in [-0.3, -0.25) is 4.79 Å². The molecule has 0 atom stereocenters. The van der Waals surface area contributed by atoms with E-state index in [1.807, 2.05) is 6.07 Å². The molecule has 142 valence electrons. The minimum atomic E-state index is -0.134. The van der Waals surface area contributed by atoms with Gasteiger partial charge in [-0.05, 0) is 63.0 Å². The first kappa shape index (κ1) is 17.8. The molecule has 4 heterocycles. The van der Waals surface area contributed by atoms with E-state index in [1.54, 1.807) is 12.1 Å². The number of hydrogen-bond acceptors (Lipinski definition) is 5. The normalized spacial score (nSPS) is 16.2. The summed E-state index contributed by atoms with van der Waals surface area (Å²) in [4.78, 5) is 23.1. The van der Waals surface area contributed by atoms with Crippen LogP contribution in [0.15, 0.2) is 35.1 Å². The number of rotatable bonds is 6. The van der Waals surface area contributed by atoms with Gasteiger partial charge in [0.05, 0.1) is 22.9 Å². The summed E-state index contributed by atoms with van der Waals surface area (Å²) in [5.41, 5.74) is 10.0. The Kier molecular flexibility index (Phi) is 4.99. The topological polar surface area (TPSA) is 88.1 Å². The van der Waals surface area contributed by atoms with Crippen LogP contribution in [0.2, 0.25) is 0 Å². The number of nitrogens with zero attached hydrogens (tertiary/aromatic N) is 2. The van der Waals surface area contributed by atoms with Gasteiger partial charge in [-0.1, -0.05) is 13.3 Å². The minimum absolute atomic E-state index is 0.134. The number of carbonyl (C=O) groups excluding carboxylic acids is 1. The highest BCUT2D eigenvalue weighted by molar-refractivity contribution is 6.08. The number of likely N-dealkylation sites (tertiary alicyclic amines) is 1. The van der Waals surface area contributed by atoms with Crippen molar-refractivity contribution in [3.05, 3.63) is 47.5 Å². The molecule has 27 heavy (non-hydrogen) atoms. The van der Waals surface area contributed by atoms with E-state index in [1.165, 1.54) is 31.9 Å². The SMILES string of the molecule is CCCCN1CCC(c2c(N)[nH]c3ccc(C(=O)c4ccoc4)nc23)CC1. The maximum absolute atomic E-state index is 12.6. The zero-order valence-corrected chi connectivity index (χ0v) is 15.7. The standard InChI is InChI=1S/C21H26N4O2/c1-2-3-9-25-10-6-14(7-11-25)18-19-16(24-21(18)22)4-5-17(23-19)20(26)15-8-12-27-13-15/h4-5,8,12-14,24H,2-3,6-7,9-11,22H2,1H3. The maximum Gasteiger partial charge on any atom is 0.214 e.